The number of piperidine rings is 1. The fourth-order valence-corrected chi connectivity index (χ4v) is 2.51. The molecule has 1 aliphatic rings. The molecule has 1 aliphatic heterocycles. The maximum Gasteiger partial charge on any atom is 0.267 e. The van der Waals surface area contributed by atoms with Gasteiger partial charge in [0.1, 0.15) is 18.3 Å². The summed E-state index contributed by atoms with van der Waals surface area (Å²) in [6, 6.07) is 0. The Labute approximate surface area is 115 Å². The fraction of sp³-hybridized carbons (Fsp3) is 0.538. The maximum absolute atomic E-state index is 12.3. The minimum Gasteiger partial charge on any atom is -0.341 e. The van der Waals surface area contributed by atoms with Crippen LogP contribution in [0.4, 0.5) is 0 Å². The second-order valence-electron chi connectivity index (χ2n) is 5.07. The van der Waals surface area contributed by atoms with Gasteiger partial charge in [0.15, 0.2) is 0 Å². The Morgan fingerprint density at radius 1 is 1.35 bits per heavy atom. The van der Waals surface area contributed by atoms with Gasteiger partial charge in [-0.3, -0.25) is 14.2 Å². The van der Waals surface area contributed by atoms with Gasteiger partial charge in [0.05, 0.1) is 5.69 Å². The molecular formula is C13H16N4O3. The van der Waals surface area contributed by atoms with E-state index < -0.39 is 0 Å². The minimum atomic E-state index is -0.279. The lowest BCUT2D eigenvalue weighted by Gasteiger charge is -2.26. The largest absolute Gasteiger partial charge is 0.341 e. The lowest BCUT2D eigenvalue weighted by molar-refractivity contribution is -0.132. The Kier molecular flexibility index (Phi) is 3.25. The van der Waals surface area contributed by atoms with Crippen LogP contribution in [0.15, 0.2) is 15.6 Å². The molecule has 3 rings (SSSR count). The van der Waals surface area contributed by atoms with E-state index in [0.29, 0.717) is 11.1 Å². The first-order chi connectivity index (χ1) is 9.66. The number of rotatable bonds is 2. The van der Waals surface area contributed by atoms with Crippen molar-refractivity contribution < 1.29 is 9.32 Å². The van der Waals surface area contributed by atoms with Gasteiger partial charge >= 0.3 is 0 Å². The molecule has 0 unspecified atom stereocenters. The van der Waals surface area contributed by atoms with Crippen molar-refractivity contribution in [1.82, 2.24) is 19.6 Å². The normalized spacial score (nSPS) is 15.8. The molecular weight excluding hydrogens is 260 g/mol. The SMILES string of the molecule is Cc1noc2ncn(CC(=O)N3CCCCC3)c(=O)c12. The molecule has 106 valence electrons. The van der Waals surface area contributed by atoms with Gasteiger partial charge in [0.2, 0.25) is 5.91 Å². The monoisotopic (exact) mass is 276 g/mol. The summed E-state index contributed by atoms with van der Waals surface area (Å²) in [4.78, 5) is 30.3. The Bertz CT molecular complexity index is 697. The summed E-state index contributed by atoms with van der Waals surface area (Å²) >= 11 is 0. The summed E-state index contributed by atoms with van der Waals surface area (Å²) in [6.07, 6.45) is 4.57. The van der Waals surface area contributed by atoms with Gasteiger partial charge in [0.25, 0.3) is 11.3 Å². The lowest BCUT2D eigenvalue weighted by Crippen LogP contribution is -2.39. The molecule has 0 saturated carbocycles. The predicted octanol–water partition coefficient (Wildman–Crippen LogP) is 0.705. The van der Waals surface area contributed by atoms with Crippen LogP contribution in [0, 0.1) is 6.92 Å². The molecule has 7 nitrogen and oxygen atoms in total. The molecule has 0 aliphatic carbocycles. The Balaban J connectivity index is 1.87. The molecule has 20 heavy (non-hydrogen) atoms. The first-order valence-electron chi connectivity index (χ1n) is 6.76. The van der Waals surface area contributed by atoms with Gasteiger partial charge in [-0.25, -0.2) is 4.98 Å². The van der Waals surface area contributed by atoms with Crippen LogP contribution in [0.2, 0.25) is 0 Å². The number of carbonyl (C=O) groups is 1. The number of likely N-dealkylation sites (tertiary alicyclic amines) is 1. The van der Waals surface area contributed by atoms with E-state index in [-0.39, 0.29) is 23.7 Å². The molecule has 0 atom stereocenters. The molecule has 0 aromatic carbocycles. The lowest BCUT2D eigenvalue weighted by atomic mass is 10.1. The van der Waals surface area contributed by atoms with Crippen LogP contribution in [0.25, 0.3) is 11.1 Å². The molecule has 7 heteroatoms. The van der Waals surface area contributed by atoms with E-state index in [1.165, 1.54) is 10.9 Å². The van der Waals surface area contributed by atoms with E-state index in [4.69, 9.17) is 4.52 Å². The zero-order valence-electron chi connectivity index (χ0n) is 11.3. The number of fused-ring (bicyclic) bond motifs is 1. The first-order valence-corrected chi connectivity index (χ1v) is 6.76. The summed E-state index contributed by atoms with van der Waals surface area (Å²) in [6.45, 7) is 3.25. The highest BCUT2D eigenvalue weighted by molar-refractivity contribution is 5.77. The highest BCUT2D eigenvalue weighted by atomic mass is 16.5. The van der Waals surface area contributed by atoms with Gasteiger partial charge in [-0.15, -0.1) is 0 Å². The van der Waals surface area contributed by atoms with Gasteiger partial charge < -0.3 is 9.42 Å². The number of carbonyl (C=O) groups excluding carboxylic acids is 1. The van der Waals surface area contributed by atoms with Crippen LogP contribution < -0.4 is 5.56 Å². The van der Waals surface area contributed by atoms with Gasteiger partial charge in [-0.2, -0.15) is 0 Å². The van der Waals surface area contributed by atoms with Crippen LogP contribution in [-0.4, -0.2) is 38.6 Å². The quantitative estimate of drug-likeness (QED) is 0.806. The van der Waals surface area contributed by atoms with Gasteiger partial charge in [-0.05, 0) is 26.2 Å². The average molecular weight is 276 g/mol. The van der Waals surface area contributed by atoms with E-state index in [0.717, 1.165) is 32.4 Å². The van der Waals surface area contributed by atoms with Crippen molar-refractivity contribution in [3.63, 3.8) is 0 Å². The predicted molar refractivity (Wildman–Crippen MR) is 71.2 cm³/mol. The number of amides is 1. The Morgan fingerprint density at radius 3 is 2.85 bits per heavy atom. The van der Waals surface area contributed by atoms with Crippen molar-refractivity contribution in [2.45, 2.75) is 32.7 Å². The highest BCUT2D eigenvalue weighted by Gasteiger charge is 2.19. The summed E-state index contributed by atoms with van der Waals surface area (Å²) in [5, 5.41) is 4.07. The Hall–Kier alpha value is -2.18. The summed E-state index contributed by atoms with van der Waals surface area (Å²) < 4.78 is 6.26. The topological polar surface area (TPSA) is 81.2 Å². The van der Waals surface area contributed by atoms with Crippen molar-refractivity contribution >= 4 is 17.0 Å². The molecule has 0 radical (unpaired) electrons. The smallest absolute Gasteiger partial charge is 0.267 e. The number of aromatic nitrogens is 3. The zero-order chi connectivity index (χ0) is 14.1. The maximum atomic E-state index is 12.3. The average Bonchev–Trinajstić information content (AvgIpc) is 2.85. The van der Waals surface area contributed by atoms with Crippen LogP contribution in [-0.2, 0) is 11.3 Å². The van der Waals surface area contributed by atoms with E-state index >= 15 is 0 Å². The van der Waals surface area contributed by atoms with Gasteiger partial charge in [0, 0.05) is 13.1 Å². The second-order valence-corrected chi connectivity index (χ2v) is 5.07. The summed E-state index contributed by atoms with van der Waals surface area (Å²) in [7, 11) is 0. The van der Waals surface area contributed by atoms with E-state index in [2.05, 4.69) is 10.1 Å². The van der Waals surface area contributed by atoms with Crippen LogP contribution >= 0.6 is 0 Å². The summed E-state index contributed by atoms with van der Waals surface area (Å²) in [5.74, 6) is -0.0398. The summed E-state index contributed by atoms with van der Waals surface area (Å²) in [5.41, 5.74) is 0.436. The third kappa shape index (κ3) is 2.19. The van der Waals surface area contributed by atoms with Crippen molar-refractivity contribution in [3.05, 3.63) is 22.4 Å². The molecule has 3 heterocycles. The van der Waals surface area contributed by atoms with Crippen molar-refractivity contribution in [3.8, 4) is 0 Å². The number of hydrogen-bond acceptors (Lipinski definition) is 5. The van der Waals surface area contributed by atoms with Gasteiger partial charge in [-0.1, -0.05) is 5.16 Å². The fourth-order valence-electron chi connectivity index (χ4n) is 2.51. The van der Waals surface area contributed by atoms with E-state index in [1.54, 1.807) is 11.8 Å². The first kappa shape index (κ1) is 12.8. The standard InChI is InChI=1S/C13H16N4O3/c1-9-11-12(20-15-9)14-8-17(13(11)19)7-10(18)16-5-3-2-4-6-16/h8H,2-7H2,1H3. The van der Waals surface area contributed by atoms with Crippen LogP contribution in [0.3, 0.4) is 0 Å². The minimum absolute atomic E-state index is 0.0202. The second kappa shape index (κ2) is 5.07. The molecule has 0 bridgehead atoms. The highest BCUT2D eigenvalue weighted by Crippen LogP contribution is 2.11. The van der Waals surface area contributed by atoms with Crippen molar-refractivity contribution in [2.24, 2.45) is 0 Å². The molecule has 1 amide bonds. The molecule has 1 saturated heterocycles. The molecule has 1 fully saturated rings. The Morgan fingerprint density at radius 2 is 2.10 bits per heavy atom. The third-order valence-electron chi connectivity index (χ3n) is 3.65. The number of aryl methyl sites for hydroxylation is 1. The number of nitrogens with zero attached hydrogens (tertiary/aromatic N) is 4. The van der Waals surface area contributed by atoms with E-state index in [9.17, 15) is 9.59 Å². The van der Waals surface area contributed by atoms with E-state index in [1.807, 2.05) is 0 Å². The van der Waals surface area contributed by atoms with Crippen molar-refractivity contribution in [2.75, 3.05) is 13.1 Å². The zero-order valence-corrected chi connectivity index (χ0v) is 11.3. The molecule has 2 aromatic heterocycles. The van der Waals surface area contributed by atoms with Crippen LogP contribution in [0.1, 0.15) is 25.0 Å². The van der Waals surface area contributed by atoms with Crippen molar-refractivity contribution in [1.29, 1.82) is 0 Å². The number of hydrogen-bond donors (Lipinski definition) is 0. The third-order valence-corrected chi connectivity index (χ3v) is 3.65. The molecule has 2 aromatic rings. The molecule has 0 N–H and O–H groups in total. The van der Waals surface area contributed by atoms with Crippen LogP contribution in [0.5, 0.6) is 0 Å². The molecule has 0 spiro atoms.